The summed E-state index contributed by atoms with van der Waals surface area (Å²) in [7, 11) is 0. The molecule has 0 unspecified atom stereocenters. The molecule has 0 atom stereocenters. The topological polar surface area (TPSA) is 77.9 Å². The van der Waals surface area contributed by atoms with Gasteiger partial charge in [-0.25, -0.2) is 14.2 Å². The van der Waals surface area contributed by atoms with Crippen molar-refractivity contribution < 1.29 is 4.39 Å². The van der Waals surface area contributed by atoms with Crippen LogP contribution in [0.25, 0.3) is 16.9 Å². The van der Waals surface area contributed by atoms with Crippen LogP contribution in [0.4, 0.5) is 10.2 Å². The molecule has 1 aliphatic heterocycles. The van der Waals surface area contributed by atoms with Crippen molar-refractivity contribution in [3.8, 4) is 16.9 Å². The summed E-state index contributed by atoms with van der Waals surface area (Å²) in [4.78, 5) is 17.2. The third-order valence-corrected chi connectivity index (χ3v) is 4.78. The highest BCUT2D eigenvalue weighted by Gasteiger charge is 2.22. The Morgan fingerprint density at radius 3 is 2.58 bits per heavy atom. The van der Waals surface area contributed by atoms with Crippen LogP contribution in [-0.2, 0) is 0 Å². The molecule has 134 valence electrons. The van der Waals surface area contributed by atoms with E-state index in [1.807, 2.05) is 12.3 Å². The highest BCUT2D eigenvalue weighted by molar-refractivity contribution is 5.64. The number of anilines is 1. The molecule has 3 N–H and O–H groups in total. The second-order valence-electron chi connectivity index (χ2n) is 6.47. The number of nitrogens with zero attached hydrogens (tertiary/aromatic N) is 3. The maximum absolute atomic E-state index is 13.4. The SMILES string of the molecule is Nc1cc(-c2cn(C3CCNCC3)c(=O)n2-c2ccc(F)cc2)ccn1. The van der Waals surface area contributed by atoms with Crippen molar-refractivity contribution in [3.63, 3.8) is 0 Å². The Morgan fingerprint density at radius 1 is 1.15 bits per heavy atom. The molecule has 3 aromatic rings. The lowest BCUT2D eigenvalue weighted by molar-refractivity contribution is 0.360. The molecule has 1 fully saturated rings. The number of pyridine rings is 1. The van der Waals surface area contributed by atoms with Crippen molar-refractivity contribution in [2.75, 3.05) is 18.8 Å². The minimum absolute atomic E-state index is 0.131. The zero-order chi connectivity index (χ0) is 18.1. The maximum Gasteiger partial charge on any atom is 0.333 e. The van der Waals surface area contributed by atoms with Gasteiger partial charge in [0, 0.05) is 24.0 Å². The predicted octanol–water partition coefficient (Wildman–Crippen LogP) is 2.35. The molecule has 6 nitrogen and oxygen atoms in total. The van der Waals surface area contributed by atoms with Gasteiger partial charge in [0.25, 0.3) is 0 Å². The Hall–Kier alpha value is -2.93. The van der Waals surface area contributed by atoms with E-state index in [0.717, 1.165) is 31.5 Å². The van der Waals surface area contributed by atoms with E-state index in [-0.39, 0.29) is 17.5 Å². The van der Waals surface area contributed by atoms with Gasteiger partial charge in [-0.05, 0) is 62.3 Å². The zero-order valence-corrected chi connectivity index (χ0v) is 14.2. The van der Waals surface area contributed by atoms with E-state index in [9.17, 15) is 9.18 Å². The van der Waals surface area contributed by atoms with Gasteiger partial charge in [0.05, 0.1) is 11.4 Å². The van der Waals surface area contributed by atoms with Crippen molar-refractivity contribution >= 4 is 5.82 Å². The van der Waals surface area contributed by atoms with E-state index in [4.69, 9.17) is 5.73 Å². The van der Waals surface area contributed by atoms with Crippen LogP contribution in [-0.4, -0.2) is 27.2 Å². The van der Waals surface area contributed by atoms with Crippen LogP contribution in [0, 0.1) is 5.82 Å². The standard InChI is InChI=1S/C19H20FN5O/c20-14-1-3-16(4-2-14)25-17(13-5-10-23-18(21)11-13)12-24(19(25)26)15-6-8-22-9-7-15/h1-5,10-12,15,22H,6-9H2,(H2,21,23). The first-order valence-corrected chi connectivity index (χ1v) is 8.66. The third-order valence-electron chi connectivity index (χ3n) is 4.78. The first-order chi connectivity index (χ1) is 12.6. The molecule has 7 heteroatoms. The molecule has 0 saturated carbocycles. The lowest BCUT2D eigenvalue weighted by Crippen LogP contribution is -2.34. The average molecular weight is 353 g/mol. The van der Waals surface area contributed by atoms with Crippen molar-refractivity contribution in [1.29, 1.82) is 0 Å². The average Bonchev–Trinajstić information content (AvgIpc) is 3.00. The molecular formula is C19H20FN5O. The molecule has 1 aliphatic rings. The van der Waals surface area contributed by atoms with Crippen LogP contribution < -0.4 is 16.7 Å². The number of aromatic nitrogens is 3. The molecule has 4 rings (SSSR count). The lowest BCUT2D eigenvalue weighted by atomic mass is 10.1. The summed E-state index contributed by atoms with van der Waals surface area (Å²) in [6.45, 7) is 1.77. The Labute approximate surface area is 150 Å². The number of benzene rings is 1. The molecule has 0 amide bonds. The van der Waals surface area contributed by atoms with Gasteiger partial charge < -0.3 is 11.1 Å². The van der Waals surface area contributed by atoms with Crippen molar-refractivity contribution in [2.24, 2.45) is 0 Å². The molecule has 1 aromatic carbocycles. The fourth-order valence-electron chi connectivity index (χ4n) is 3.46. The number of piperidine rings is 1. The van der Waals surface area contributed by atoms with Crippen molar-refractivity contribution in [2.45, 2.75) is 18.9 Å². The largest absolute Gasteiger partial charge is 0.384 e. The summed E-state index contributed by atoms with van der Waals surface area (Å²) in [5, 5.41) is 3.31. The fourth-order valence-corrected chi connectivity index (χ4v) is 3.46. The number of rotatable bonds is 3. The van der Waals surface area contributed by atoms with Gasteiger partial charge in [-0.2, -0.15) is 0 Å². The van der Waals surface area contributed by atoms with Crippen LogP contribution in [0.5, 0.6) is 0 Å². The summed E-state index contributed by atoms with van der Waals surface area (Å²) in [6, 6.07) is 9.63. The van der Waals surface area contributed by atoms with E-state index in [1.165, 1.54) is 12.1 Å². The van der Waals surface area contributed by atoms with Gasteiger partial charge in [-0.1, -0.05) is 0 Å². The Balaban J connectivity index is 1.90. The number of hydrogen-bond donors (Lipinski definition) is 2. The monoisotopic (exact) mass is 353 g/mol. The van der Waals surface area contributed by atoms with Crippen LogP contribution in [0.2, 0.25) is 0 Å². The molecule has 0 spiro atoms. The van der Waals surface area contributed by atoms with Crippen LogP contribution >= 0.6 is 0 Å². The third kappa shape index (κ3) is 3.01. The van der Waals surface area contributed by atoms with Crippen molar-refractivity contribution in [3.05, 3.63) is 65.1 Å². The van der Waals surface area contributed by atoms with Gasteiger partial charge in [0.1, 0.15) is 11.6 Å². The van der Waals surface area contributed by atoms with Crippen LogP contribution in [0.1, 0.15) is 18.9 Å². The maximum atomic E-state index is 13.4. The molecular weight excluding hydrogens is 333 g/mol. The van der Waals surface area contributed by atoms with Crippen LogP contribution in [0.3, 0.4) is 0 Å². The summed E-state index contributed by atoms with van der Waals surface area (Å²) in [5.41, 5.74) is 7.83. The molecule has 26 heavy (non-hydrogen) atoms. The fraction of sp³-hybridized carbons (Fsp3) is 0.263. The van der Waals surface area contributed by atoms with E-state index in [0.29, 0.717) is 17.2 Å². The summed E-state index contributed by atoms with van der Waals surface area (Å²) in [6.07, 6.45) is 5.28. The van der Waals surface area contributed by atoms with Gasteiger partial charge in [-0.3, -0.25) is 9.13 Å². The highest BCUT2D eigenvalue weighted by atomic mass is 19.1. The highest BCUT2D eigenvalue weighted by Crippen LogP contribution is 2.26. The molecule has 0 radical (unpaired) electrons. The zero-order valence-electron chi connectivity index (χ0n) is 14.2. The van der Waals surface area contributed by atoms with E-state index in [2.05, 4.69) is 10.3 Å². The summed E-state index contributed by atoms with van der Waals surface area (Å²) in [5.74, 6) is 0.0458. The smallest absolute Gasteiger partial charge is 0.333 e. The Bertz CT molecular complexity index is 970. The van der Waals surface area contributed by atoms with E-state index < -0.39 is 0 Å². The number of nitrogen functional groups attached to an aromatic ring is 1. The van der Waals surface area contributed by atoms with Gasteiger partial charge >= 0.3 is 5.69 Å². The van der Waals surface area contributed by atoms with Gasteiger partial charge in [0.15, 0.2) is 0 Å². The first-order valence-electron chi connectivity index (χ1n) is 8.66. The van der Waals surface area contributed by atoms with Crippen LogP contribution in [0.15, 0.2) is 53.6 Å². The van der Waals surface area contributed by atoms with Gasteiger partial charge in [0.2, 0.25) is 0 Å². The predicted molar refractivity (Wildman–Crippen MR) is 98.8 cm³/mol. The quantitative estimate of drug-likeness (QED) is 0.758. The number of hydrogen-bond acceptors (Lipinski definition) is 4. The number of halogens is 1. The van der Waals surface area contributed by atoms with E-state index in [1.54, 1.807) is 33.5 Å². The lowest BCUT2D eigenvalue weighted by Gasteiger charge is -2.23. The van der Waals surface area contributed by atoms with Gasteiger partial charge in [-0.15, -0.1) is 0 Å². The normalized spacial score (nSPS) is 15.3. The second kappa shape index (κ2) is 6.76. The number of imidazole rings is 1. The Kier molecular flexibility index (Phi) is 4.30. The first kappa shape index (κ1) is 16.5. The summed E-state index contributed by atoms with van der Waals surface area (Å²) >= 11 is 0. The molecule has 0 bridgehead atoms. The Morgan fingerprint density at radius 2 is 1.88 bits per heavy atom. The van der Waals surface area contributed by atoms with Crippen molar-refractivity contribution in [1.82, 2.24) is 19.4 Å². The molecule has 2 aromatic heterocycles. The minimum atomic E-state index is -0.339. The summed E-state index contributed by atoms with van der Waals surface area (Å²) < 4.78 is 16.7. The number of nitrogens with two attached hydrogens (primary N) is 1. The minimum Gasteiger partial charge on any atom is -0.384 e. The van der Waals surface area contributed by atoms with E-state index >= 15 is 0 Å². The second-order valence-corrected chi connectivity index (χ2v) is 6.47. The molecule has 3 heterocycles. The number of nitrogens with one attached hydrogen (secondary N) is 1. The molecule has 0 aliphatic carbocycles. The molecule has 1 saturated heterocycles.